The highest BCUT2D eigenvalue weighted by atomic mass is 17.3. The Labute approximate surface area is 244 Å². The fraction of sp³-hybridized carbons (Fsp3) is 0.423. The van der Waals surface area contributed by atoms with E-state index >= 15 is 0 Å². The number of hydrogen-bond donors (Lipinski definition) is 6. The number of nitrogens with two attached hydrogens (primary N) is 1. The van der Waals surface area contributed by atoms with Crippen molar-refractivity contribution in [3.8, 4) is 30.1 Å². The number of amides is 3. The van der Waals surface area contributed by atoms with Crippen LogP contribution >= 0.6 is 0 Å². The van der Waals surface area contributed by atoms with Crippen molar-refractivity contribution in [3.63, 3.8) is 0 Å². The van der Waals surface area contributed by atoms with Crippen molar-refractivity contribution >= 4 is 35.3 Å². The average Bonchev–Trinajstić information content (AvgIpc) is 2.96. The second kappa shape index (κ2) is 17.4. The molecule has 0 saturated heterocycles. The van der Waals surface area contributed by atoms with E-state index in [1.165, 1.54) is 5.48 Å². The number of non-ortho nitro benzene ring substituents is 1. The average molecular weight is 605 g/mol. The number of carboxylic acid groups (broad SMARTS) is 2. The largest absolute Gasteiger partial charge is 0.493 e. The van der Waals surface area contributed by atoms with Crippen molar-refractivity contribution in [1.29, 1.82) is 0 Å². The van der Waals surface area contributed by atoms with Gasteiger partial charge >= 0.3 is 11.9 Å². The monoisotopic (exact) mass is 604 g/mol. The summed E-state index contributed by atoms with van der Waals surface area (Å²) in [5.41, 5.74) is 0.493. The van der Waals surface area contributed by atoms with E-state index in [1.807, 2.05) is 5.92 Å². The van der Waals surface area contributed by atoms with E-state index in [2.05, 4.69) is 32.9 Å². The van der Waals surface area contributed by atoms with Gasteiger partial charge in [-0.15, -0.1) is 6.42 Å². The lowest BCUT2D eigenvalue weighted by Gasteiger charge is -2.25. The normalized spacial score (nSPS) is 18.9. The molecule has 3 atom stereocenters. The number of nitrogens with one attached hydrogen (secondary N) is 3. The molecule has 0 radical (unpaired) electrons. The summed E-state index contributed by atoms with van der Waals surface area (Å²) in [6.45, 7) is 0.0381. The van der Waals surface area contributed by atoms with E-state index < -0.39 is 64.8 Å². The smallest absolute Gasteiger partial charge is 0.326 e. The lowest BCUT2D eigenvalue weighted by molar-refractivity contribution is -0.960. The van der Waals surface area contributed by atoms with Crippen molar-refractivity contribution in [2.45, 2.75) is 56.7 Å². The van der Waals surface area contributed by atoms with Crippen LogP contribution in [0.2, 0.25) is 0 Å². The summed E-state index contributed by atoms with van der Waals surface area (Å²) in [4.78, 5) is 82.3. The quantitative estimate of drug-likeness (QED) is 0.0529. The SMILES string of the molecule is C#CC#COO[NH2+]CCCC[C@@H]1NC(=O)[C@H](CCC(=O)O)NC(=O)c2cc([N+](=O)[O-])ccc2OCCC(C(=O)O)NC1=O. The van der Waals surface area contributed by atoms with Crippen LogP contribution in [0.25, 0.3) is 0 Å². The molecule has 0 spiro atoms. The lowest BCUT2D eigenvalue weighted by atomic mass is 10.0. The van der Waals surface area contributed by atoms with Crippen LogP contribution in [-0.2, 0) is 29.1 Å². The Morgan fingerprint density at radius 3 is 2.51 bits per heavy atom. The molecule has 0 aromatic heterocycles. The van der Waals surface area contributed by atoms with E-state index in [1.54, 1.807) is 0 Å². The van der Waals surface area contributed by atoms with Crippen LogP contribution in [0.4, 0.5) is 5.69 Å². The van der Waals surface area contributed by atoms with Gasteiger partial charge in [0.05, 0.1) is 17.1 Å². The fourth-order valence-electron chi connectivity index (χ4n) is 3.80. The molecule has 7 N–H and O–H groups in total. The zero-order valence-corrected chi connectivity index (χ0v) is 22.7. The van der Waals surface area contributed by atoms with Gasteiger partial charge in [0, 0.05) is 35.9 Å². The molecule has 230 valence electrons. The van der Waals surface area contributed by atoms with Crippen molar-refractivity contribution in [2.24, 2.45) is 0 Å². The van der Waals surface area contributed by atoms with Gasteiger partial charge < -0.3 is 30.9 Å². The van der Waals surface area contributed by atoms with Crippen molar-refractivity contribution in [1.82, 2.24) is 16.0 Å². The highest BCUT2D eigenvalue weighted by Crippen LogP contribution is 2.25. The third-order valence-corrected chi connectivity index (χ3v) is 5.94. The van der Waals surface area contributed by atoms with Gasteiger partial charge in [0.1, 0.15) is 30.4 Å². The van der Waals surface area contributed by atoms with E-state index in [0.717, 1.165) is 18.2 Å². The number of aliphatic carboxylic acids is 2. The molecular formula is C26H30N5O12+. The van der Waals surface area contributed by atoms with Crippen molar-refractivity contribution < 1.29 is 59.2 Å². The minimum atomic E-state index is -1.48. The van der Waals surface area contributed by atoms with Crippen LogP contribution in [0.5, 0.6) is 5.75 Å². The number of nitro groups is 1. The molecule has 1 unspecified atom stereocenters. The first-order valence-electron chi connectivity index (χ1n) is 12.9. The second-order valence-corrected chi connectivity index (χ2v) is 9.00. The van der Waals surface area contributed by atoms with Gasteiger partial charge in [-0.25, -0.2) is 9.68 Å². The molecule has 0 saturated carbocycles. The topological polar surface area (TPSA) is 249 Å². The molecule has 1 aliphatic rings. The number of quaternary nitrogens is 1. The fourth-order valence-corrected chi connectivity index (χ4v) is 3.80. The predicted molar refractivity (Wildman–Crippen MR) is 142 cm³/mol. The number of fused-ring (bicyclic) bond motifs is 1. The number of unbranched alkanes of at least 4 members (excludes halogenated alkanes) is 1. The number of nitro benzene ring substituents is 1. The number of rotatable bonds is 12. The van der Waals surface area contributed by atoms with E-state index in [4.69, 9.17) is 21.3 Å². The molecular weight excluding hydrogens is 574 g/mol. The molecule has 0 aliphatic carbocycles. The number of benzene rings is 1. The maximum atomic E-state index is 13.2. The molecule has 43 heavy (non-hydrogen) atoms. The number of carbonyl (C=O) groups is 5. The Hall–Kier alpha value is -5.39. The standard InChI is InChI=1S/C26H29N5O12/c1-2-3-13-42-43-27-12-5-4-6-18-24(35)30-20(26(37)38)11-14-41-21-9-7-16(31(39)40)15-17(21)23(34)28-19(25(36)29-18)8-10-22(32)33/h1,7,9,15,18-20,27H,4-6,8,10-12,14H2,(H,28,34)(H,29,36)(H,30,35)(H,32,33)(H,37,38)/p+1/t18-,19-,20?/m0/s1. The Morgan fingerprint density at radius 2 is 1.84 bits per heavy atom. The van der Waals surface area contributed by atoms with Gasteiger partial charge in [-0.05, 0) is 37.7 Å². The van der Waals surface area contributed by atoms with Crippen LogP contribution < -0.4 is 26.2 Å². The van der Waals surface area contributed by atoms with Crippen LogP contribution in [-0.4, -0.2) is 76.1 Å². The minimum absolute atomic E-state index is 0.0284. The number of terminal acetylenes is 1. The maximum Gasteiger partial charge on any atom is 0.326 e. The van der Waals surface area contributed by atoms with Crippen LogP contribution in [0, 0.1) is 34.5 Å². The molecule has 0 fully saturated rings. The summed E-state index contributed by atoms with van der Waals surface area (Å²) < 4.78 is 5.54. The van der Waals surface area contributed by atoms with Crippen LogP contribution in [0.3, 0.4) is 0 Å². The zero-order valence-electron chi connectivity index (χ0n) is 22.7. The summed E-state index contributed by atoms with van der Waals surface area (Å²) in [5.74, 6) is -1.36. The summed E-state index contributed by atoms with van der Waals surface area (Å²) in [6.07, 6.45) is 6.64. The first kappa shape index (κ1) is 33.8. The lowest BCUT2D eigenvalue weighted by Crippen LogP contribution is -2.82. The first-order valence-corrected chi connectivity index (χ1v) is 12.9. The number of hydrogen-bond acceptors (Lipinski definition) is 10. The third kappa shape index (κ3) is 11.6. The number of carboxylic acids is 2. The number of ether oxygens (including phenoxy) is 1. The number of carbonyl (C=O) groups excluding carboxylic acids is 3. The van der Waals surface area contributed by atoms with Gasteiger partial charge in [0.2, 0.25) is 11.8 Å². The third-order valence-electron chi connectivity index (χ3n) is 5.94. The van der Waals surface area contributed by atoms with Gasteiger partial charge in [0.15, 0.2) is 6.11 Å². The van der Waals surface area contributed by atoms with Gasteiger partial charge in [0.25, 0.3) is 11.6 Å². The van der Waals surface area contributed by atoms with Crippen LogP contribution in [0.1, 0.15) is 48.9 Å². The summed E-state index contributed by atoms with van der Waals surface area (Å²) in [6, 6.07) is -1.09. The number of hydroxylamine groups is 1. The second-order valence-electron chi connectivity index (χ2n) is 9.00. The molecule has 0 bridgehead atoms. The van der Waals surface area contributed by atoms with Gasteiger partial charge in [-0.3, -0.25) is 29.3 Å². The summed E-state index contributed by atoms with van der Waals surface area (Å²) in [5, 5.41) is 37.3. The number of nitrogens with zero attached hydrogens (tertiary/aromatic N) is 1. The van der Waals surface area contributed by atoms with E-state index in [0.29, 0.717) is 19.4 Å². The maximum absolute atomic E-state index is 13.2. The Morgan fingerprint density at radius 1 is 1.12 bits per heavy atom. The molecule has 1 heterocycles. The van der Waals surface area contributed by atoms with E-state index in [9.17, 15) is 39.2 Å². The minimum Gasteiger partial charge on any atom is -0.493 e. The zero-order chi connectivity index (χ0) is 31.8. The van der Waals surface area contributed by atoms with Gasteiger partial charge in [-0.1, -0.05) is 0 Å². The van der Waals surface area contributed by atoms with Gasteiger partial charge in [-0.2, -0.15) is 5.48 Å². The highest BCUT2D eigenvalue weighted by molar-refractivity contribution is 6.01. The molecule has 1 aromatic carbocycles. The Kier molecular flexibility index (Phi) is 13.7. The molecule has 1 aromatic rings. The first-order chi connectivity index (χ1) is 20.5. The van der Waals surface area contributed by atoms with Crippen molar-refractivity contribution in [2.75, 3.05) is 13.2 Å². The molecule has 17 nitrogen and oxygen atoms in total. The van der Waals surface area contributed by atoms with Crippen LogP contribution in [0.15, 0.2) is 18.2 Å². The highest BCUT2D eigenvalue weighted by Gasteiger charge is 2.31. The predicted octanol–water partition coefficient (Wildman–Crippen LogP) is -1.41. The Bertz CT molecular complexity index is 1320. The molecule has 17 heteroatoms. The van der Waals surface area contributed by atoms with E-state index in [-0.39, 0.29) is 37.2 Å². The summed E-state index contributed by atoms with van der Waals surface area (Å²) >= 11 is 0. The molecule has 3 amide bonds. The summed E-state index contributed by atoms with van der Waals surface area (Å²) in [7, 11) is 0. The Balaban J connectivity index is 2.30. The van der Waals surface area contributed by atoms with Crippen molar-refractivity contribution in [3.05, 3.63) is 33.9 Å². The molecule has 2 rings (SSSR count). The molecule has 1 aliphatic heterocycles.